The predicted octanol–water partition coefficient (Wildman–Crippen LogP) is 3.26. The summed E-state index contributed by atoms with van der Waals surface area (Å²) in [5.74, 6) is 1.55. The Morgan fingerprint density at radius 3 is 2.94 bits per heavy atom. The summed E-state index contributed by atoms with van der Waals surface area (Å²) < 4.78 is 5.49. The zero-order valence-corrected chi connectivity index (χ0v) is 9.45. The van der Waals surface area contributed by atoms with Crippen LogP contribution in [0.4, 0.5) is 0 Å². The SMILES string of the molecule is Cc1oc(-c2cccc(C#N)c2)nc1CCl. The lowest BCUT2D eigenvalue weighted by Crippen LogP contribution is -1.82. The molecule has 1 heterocycles. The van der Waals surface area contributed by atoms with Crippen LogP contribution in [0.25, 0.3) is 11.5 Å². The van der Waals surface area contributed by atoms with Crippen molar-refractivity contribution in [3.05, 3.63) is 41.3 Å². The summed E-state index contributed by atoms with van der Waals surface area (Å²) in [6, 6.07) is 9.20. The molecule has 0 aliphatic carbocycles. The average Bonchev–Trinajstić information content (AvgIpc) is 2.71. The number of halogens is 1. The van der Waals surface area contributed by atoms with Gasteiger partial charge in [-0.15, -0.1) is 11.6 Å². The Hall–Kier alpha value is -1.79. The number of benzene rings is 1. The maximum absolute atomic E-state index is 8.79. The van der Waals surface area contributed by atoms with Crippen LogP contribution in [0.5, 0.6) is 0 Å². The van der Waals surface area contributed by atoms with E-state index in [1.807, 2.05) is 13.0 Å². The number of nitriles is 1. The van der Waals surface area contributed by atoms with Crippen LogP contribution in [0.1, 0.15) is 17.0 Å². The molecule has 0 saturated carbocycles. The molecule has 0 radical (unpaired) electrons. The fraction of sp³-hybridized carbons (Fsp3) is 0.167. The smallest absolute Gasteiger partial charge is 0.226 e. The molecule has 1 aromatic carbocycles. The molecule has 0 bridgehead atoms. The van der Waals surface area contributed by atoms with E-state index < -0.39 is 0 Å². The van der Waals surface area contributed by atoms with E-state index >= 15 is 0 Å². The Labute approximate surface area is 98.3 Å². The van der Waals surface area contributed by atoms with Gasteiger partial charge in [-0.1, -0.05) is 6.07 Å². The zero-order chi connectivity index (χ0) is 11.5. The Bertz CT molecular complexity index is 554. The van der Waals surface area contributed by atoms with Crippen LogP contribution in [0.3, 0.4) is 0 Å². The van der Waals surface area contributed by atoms with Gasteiger partial charge in [-0.2, -0.15) is 5.26 Å². The van der Waals surface area contributed by atoms with E-state index in [-0.39, 0.29) is 0 Å². The van der Waals surface area contributed by atoms with Gasteiger partial charge >= 0.3 is 0 Å². The van der Waals surface area contributed by atoms with E-state index in [4.69, 9.17) is 21.3 Å². The topological polar surface area (TPSA) is 49.8 Å². The zero-order valence-electron chi connectivity index (χ0n) is 8.70. The minimum absolute atomic E-state index is 0.327. The first kappa shape index (κ1) is 10.7. The van der Waals surface area contributed by atoms with Crippen molar-refractivity contribution in [3.8, 4) is 17.5 Å². The van der Waals surface area contributed by atoms with Gasteiger partial charge in [0, 0.05) is 5.56 Å². The second kappa shape index (κ2) is 4.38. The van der Waals surface area contributed by atoms with Crippen LogP contribution in [-0.4, -0.2) is 4.98 Å². The summed E-state index contributed by atoms with van der Waals surface area (Å²) in [5.41, 5.74) is 2.11. The third-order valence-corrected chi connectivity index (χ3v) is 2.51. The second-order valence-electron chi connectivity index (χ2n) is 3.35. The van der Waals surface area contributed by atoms with E-state index in [0.717, 1.165) is 11.3 Å². The van der Waals surface area contributed by atoms with Crippen LogP contribution >= 0.6 is 11.6 Å². The first-order valence-corrected chi connectivity index (χ1v) is 5.31. The van der Waals surface area contributed by atoms with Crippen LogP contribution in [-0.2, 0) is 5.88 Å². The first-order chi connectivity index (χ1) is 7.74. The van der Waals surface area contributed by atoms with Crippen molar-refractivity contribution in [2.24, 2.45) is 0 Å². The minimum Gasteiger partial charge on any atom is -0.441 e. The van der Waals surface area contributed by atoms with Gasteiger partial charge in [0.25, 0.3) is 0 Å². The number of aromatic nitrogens is 1. The van der Waals surface area contributed by atoms with Gasteiger partial charge < -0.3 is 4.42 Å². The molecule has 0 spiro atoms. The molecule has 0 fully saturated rings. The summed E-state index contributed by atoms with van der Waals surface area (Å²) in [6.07, 6.45) is 0. The quantitative estimate of drug-likeness (QED) is 0.747. The third kappa shape index (κ3) is 1.93. The molecule has 0 atom stereocenters. The van der Waals surface area contributed by atoms with Crippen molar-refractivity contribution in [2.45, 2.75) is 12.8 Å². The first-order valence-electron chi connectivity index (χ1n) is 4.77. The fourth-order valence-electron chi connectivity index (χ4n) is 1.40. The van der Waals surface area contributed by atoms with E-state index in [1.165, 1.54) is 0 Å². The lowest BCUT2D eigenvalue weighted by Gasteiger charge is -1.94. The molecule has 0 unspecified atom stereocenters. The number of hydrogen-bond donors (Lipinski definition) is 0. The number of nitrogens with zero attached hydrogens (tertiary/aromatic N) is 2. The van der Waals surface area contributed by atoms with Crippen molar-refractivity contribution >= 4 is 11.6 Å². The van der Waals surface area contributed by atoms with Crippen molar-refractivity contribution < 1.29 is 4.42 Å². The molecule has 2 rings (SSSR count). The third-order valence-electron chi connectivity index (χ3n) is 2.26. The van der Waals surface area contributed by atoms with E-state index in [0.29, 0.717) is 23.1 Å². The largest absolute Gasteiger partial charge is 0.441 e. The highest BCUT2D eigenvalue weighted by Crippen LogP contribution is 2.23. The summed E-state index contributed by atoms with van der Waals surface area (Å²) in [5, 5.41) is 8.79. The van der Waals surface area contributed by atoms with Gasteiger partial charge in [0.15, 0.2) is 0 Å². The predicted molar refractivity (Wildman–Crippen MR) is 60.9 cm³/mol. The highest BCUT2D eigenvalue weighted by molar-refractivity contribution is 6.16. The normalized spacial score (nSPS) is 10.1. The molecule has 0 aliphatic heterocycles. The molecule has 2 aromatic rings. The number of aryl methyl sites for hydroxylation is 1. The van der Waals surface area contributed by atoms with E-state index in [9.17, 15) is 0 Å². The molecule has 0 aliphatic rings. The Kier molecular flexibility index (Phi) is 2.93. The lowest BCUT2D eigenvalue weighted by atomic mass is 10.1. The molecular weight excluding hydrogens is 224 g/mol. The molecular formula is C12H9ClN2O. The Morgan fingerprint density at radius 1 is 1.50 bits per heavy atom. The number of oxazole rings is 1. The fourth-order valence-corrected chi connectivity index (χ4v) is 1.65. The lowest BCUT2D eigenvalue weighted by molar-refractivity contribution is 0.540. The second-order valence-corrected chi connectivity index (χ2v) is 3.62. The van der Waals surface area contributed by atoms with Gasteiger partial charge in [-0.25, -0.2) is 4.98 Å². The molecule has 0 amide bonds. The molecule has 3 nitrogen and oxygen atoms in total. The van der Waals surface area contributed by atoms with Crippen LogP contribution < -0.4 is 0 Å². The van der Waals surface area contributed by atoms with Crippen molar-refractivity contribution in [1.82, 2.24) is 4.98 Å². The van der Waals surface area contributed by atoms with Gasteiger partial charge in [-0.3, -0.25) is 0 Å². The Balaban J connectivity index is 2.46. The van der Waals surface area contributed by atoms with Crippen LogP contribution in [0.2, 0.25) is 0 Å². The van der Waals surface area contributed by atoms with Gasteiger partial charge in [0.2, 0.25) is 5.89 Å². The molecule has 0 N–H and O–H groups in total. The molecule has 4 heteroatoms. The average molecular weight is 233 g/mol. The standard InChI is InChI=1S/C12H9ClN2O/c1-8-11(6-13)15-12(16-8)10-4-2-3-9(5-10)7-14/h2-5H,6H2,1H3. The minimum atomic E-state index is 0.327. The van der Waals surface area contributed by atoms with Crippen molar-refractivity contribution in [2.75, 3.05) is 0 Å². The summed E-state index contributed by atoms with van der Waals surface area (Å²) in [4.78, 5) is 4.27. The summed E-state index contributed by atoms with van der Waals surface area (Å²) in [6.45, 7) is 1.82. The van der Waals surface area contributed by atoms with Crippen LogP contribution in [0.15, 0.2) is 28.7 Å². The van der Waals surface area contributed by atoms with Gasteiger partial charge in [0.05, 0.1) is 23.2 Å². The molecule has 1 aromatic heterocycles. The van der Waals surface area contributed by atoms with Gasteiger partial charge in [0.1, 0.15) is 5.76 Å². The number of rotatable bonds is 2. The summed E-state index contributed by atoms with van der Waals surface area (Å²) in [7, 11) is 0. The van der Waals surface area contributed by atoms with Crippen molar-refractivity contribution in [1.29, 1.82) is 5.26 Å². The highest BCUT2D eigenvalue weighted by atomic mass is 35.5. The van der Waals surface area contributed by atoms with E-state index in [1.54, 1.807) is 18.2 Å². The maximum Gasteiger partial charge on any atom is 0.226 e. The number of hydrogen-bond acceptors (Lipinski definition) is 3. The van der Waals surface area contributed by atoms with Crippen LogP contribution in [0, 0.1) is 18.3 Å². The maximum atomic E-state index is 8.79. The monoisotopic (exact) mass is 232 g/mol. The molecule has 16 heavy (non-hydrogen) atoms. The molecule has 80 valence electrons. The van der Waals surface area contributed by atoms with Crippen molar-refractivity contribution in [3.63, 3.8) is 0 Å². The van der Waals surface area contributed by atoms with Gasteiger partial charge in [-0.05, 0) is 25.1 Å². The summed E-state index contributed by atoms with van der Waals surface area (Å²) >= 11 is 5.72. The Morgan fingerprint density at radius 2 is 2.31 bits per heavy atom. The number of alkyl halides is 1. The highest BCUT2D eigenvalue weighted by Gasteiger charge is 2.10. The molecule has 0 saturated heterocycles. The van der Waals surface area contributed by atoms with E-state index in [2.05, 4.69) is 11.1 Å².